The summed E-state index contributed by atoms with van der Waals surface area (Å²) in [6, 6.07) is 0.465. The second-order valence-corrected chi connectivity index (χ2v) is 5.83. The summed E-state index contributed by atoms with van der Waals surface area (Å²) in [6.07, 6.45) is 5.90. The van der Waals surface area contributed by atoms with Gasteiger partial charge in [-0.25, -0.2) is 0 Å². The topological polar surface area (TPSA) is 39.7 Å². The van der Waals surface area contributed by atoms with Crippen molar-refractivity contribution >= 4 is 0 Å². The van der Waals surface area contributed by atoms with Crippen molar-refractivity contribution in [3.05, 3.63) is 0 Å². The number of nitrogens with one attached hydrogen (secondary N) is 1. The van der Waals surface area contributed by atoms with Gasteiger partial charge in [0.2, 0.25) is 0 Å². The van der Waals surface area contributed by atoms with Crippen LogP contribution in [-0.2, 0) is 14.2 Å². The van der Waals surface area contributed by atoms with Crippen molar-refractivity contribution in [1.29, 1.82) is 0 Å². The fourth-order valence-electron chi connectivity index (χ4n) is 3.09. The van der Waals surface area contributed by atoms with Crippen molar-refractivity contribution in [2.75, 3.05) is 26.4 Å². The summed E-state index contributed by atoms with van der Waals surface area (Å²) >= 11 is 0. The maximum atomic E-state index is 6.14. The second-order valence-electron chi connectivity index (χ2n) is 5.83. The van der Waals surface area contributed by atoms with Gasteiger partial charge in [0.15, 0.2) is 5.79 Å². The van der Waals surface area contributed by atoms with Crippen LogP contribution in [0, 0.1) is 5.92 Å². The summed E-state index contributed by atoms with van der Waals surface area (Å²) in [7, 11) is 0. The van der Waals surface area contributed by atoms with Crippen molar-refractivity contribution in [3.63, 3.8) is 0 Å². The zero-order chi connectivity index (χ0) is 12.4. The van der Waals surface area contributed by atoms with Crippen LogP contribution < -0.4 is 5.32 Å². The normalized spacial score (nSPS) is 35.2. The van der Waals surface area contributed by atoms with Gasteiger partial charge in [-0.15, -0.1) is 0 Å². The molecule has 0 aromatic carbocycles. The Balaban J connectivity index is 1.58. The molecule has 1 N–H and O–H groups in total. The maximum absolute atomic E-state index is 6.14. The van der Waals surface area contributed by atoms with Gasteiger partial charge in [-0.2, -0.15) is 0 Å². The third kappa shape index (κ3) is 2.87. The van der Waals surface area contributed by atoms with E-state index in [9.17, 15) is 0 Å². The van der Waals surface area contributed by atoms with Crippen LogP contribution >= 0.6 is 0 Å². The molecule has 104 valence electrons. The molecule has 0 aromatic rings. The van der Waals surface area contributed by atoms with E-state index in [1.807, 2.05) is 0 Å². The average molecular weight is 255 g/mol. The predicted molar refractivity (Wildman–Crippen MR) is 68.4 cm³/mol. The Hall–Kier alpha value is -0.160. The molecule has 3 rings (SSSR count). The van der Waals surface area contributed by atoms with Gasteiger partial charge in [0, 0.05) is 25.5 Å². The molecule has 1 aliphatic heterocycles. The summed E-state index contributed by atoms with van der Waals surface area (Å²) in [6.45, 7) is 5.55. The third-order valence-electron chi connectivity index (χ3n) is 4.32. The number of ether oxygens (including phenoxy) is 3. The first-order chi connectivity index (χ1) is 8.81. The molecule has 0 aromatic heterocycles. The van der Waals surface area contributed by atoms with Crippen molar-refractivity contribution in [3.8, 4) is 0 Å². The van der Waals surface area contributed by atoms with Crippen LogP contribution in [0.2, 0.25) is 0 Å². The SMILES string of the molecule is CCNC1CCC2(CC1OCC1CC1)OCCO2. The van der Waals surface area contributed by atoms with Crippen LogP contribution in [0.1, 0.15) is 39.0 Å². The number of rotatable bonds is 5. The lowest BCUT2D eigenvalue weighted by atomic mass is 9.87. The van der Waals surface area contributed by atoms with Gasteiger partial charge in [-0.3, -0.25) is 0 Å². The smallest absolute Gasteiger partial charge is 0.171 e. The highest BCUT2D eigenvalue weighted by Crippen LogP contribution is 2.38. The van der Waals surface area contributed by atoms with Gasteiger partial charge >= 0.3 is 0 Å². The Bertz CT molecular complexity index is 274. The number of hydrogen-bond acceptors (Lipinski definition) is 4. The first-order valence-corrected chi connectivity index (χ1v) is 7.44. The summed E-state index contributed by atoms with van der Waals surface area (Å²) in [5.74, 6) is 0.482. The quantitative estimate of drug-likeness (QED) is 0.811. The molecule has 2 atom stereocenters. The molecule has 0 radical (unpaired) electrons. The van der Waals surface area contributed by atoms with Gasteiger partial charge in [-0.05, 0) is 31.7 Å². The monoisotopic (exact) mass is 255 g/mol. The molecule has 3 aliphatic rings. The van der Waals surface area contributed by atoms with E-state index in [2.05, 4.69) is 12.2 Å². The van der Waals surface area contributed by atoms with Crippen molar-refractivity contribution in [2.45, 2.75) is 57.0 Å². The minimum absolute atomic E-state index is 0.248. The molecular formula is C14H25NO3. The summed E-state index contributed by atoms with van der Waals surface area (Å²) in [4.78, 5) is 0. The van der Waals surface area contributed by atoms with E-state index in [0.717, 1.165) is 51.5 Å². The highest BCUT2D eigenvalue weighted by molar-refractivity contribution is 4.92. The zero-order valence-corrected chi connectivity index (χ0v) is 11.3. The molecular weight excluding hydrogens is 230 g/mol. The summed E-state index contributed by atoms with van der Waals surface area (Å²) in [5.41, 5.74) is 0. The van der Waals surface area contributed by atoms with Crippen molar-refractivity contribution in [1.82, 2.24) is 5.32 Å². The van der Waals surface area contributed by atoms with Crippen molar-refractivity contribution in [2.24, 2.45) is 5.92 Å². The molecule has 0 bridgehead atoms. The van der Waals surface area contributed by atoms with E-state index in [1.165, 1.54) is 12.8 Å². The molecule has 1 saturated heterocycles. The van der Waals surface area contributed by atoms with Crippen LogP contribution in [0.25, 0.3) is 0 Å². The van der Waals surface area contributed by atoms with E-state index in [0.29, 0.717) is 6.04 Å². The van der Waals surface area contributed by atoms with Crippen LogP contribution in [0.4, 0.5) is 0 Å². The first kappa shape index (κ1) is 12.9. The number of hydrogen-bond donors (Lipinski definition) is 1. The second kappa shape index (κ2) is 5.45. The highest BCUT2D eigenvalue weighted by Gasteiger charge is 2.45. The predicted octanol–water partition coefficient (Wildman–Crippen LogP) is 1.69. The molecule has 4 heteroatoms. The van der Waals surface area contributed by atoms with Crippen LogP contribution in [-0.4, -0.2) is 44.3 Å². The van der Waals surface area contributed by atoms with E-state index < -0.39 is 0 Å². The largest absolute Gasteiger partial charge is 0.376 e. The average Bonchev–Trinajstić information content (AvgIpc) is 3.11. The maximum Gasteiger partial charge on any atom is 0.171 e. The van der Waals surface area contributed by atoms with Crippen LogP contribution in [0.15, 0.2) is 0 Å². The minimum Gasteiger partial charge on any atom is -0.376 e. The molecule has 0 amide bonds. The lowest BCUT2D eigenvalue weighted by Gasteiger charge is -2.41. The molecule has 18 heavy (non-hydrogen) atoms. The van der Waals surface area contributed by atoms with Crippen LogP contribution in [0.5, 0.6) is 0 Å². The van der Waals surface area contributed by atoms with Gasteiger partial charge in [0.1, 0.15) is 0 Å². The number of likely N-dealkylation sites (N-methyl/N-ethyl adjacent to an activating group) is 1. The molecule has 4 nitrogen and oxygen atoms in total. The molecule has 2 saturated carbocycles. The minimum atomic E-state index is -0.333. The zero-order valence-electron chi connectivity index (χ0n) is 11.3. The van der Waals surface area contributed by atoms with E-state index >= 15 is 0 Å². The Kier molecular flexibility index (Phi) is 3.89. The third-order valence-corrected chi connectivity index (χ3v) is 4.32. The fraction of sp³-hybridized carbons (Fsp3) is 1.00. The first-order valence-electron chi connectivity index (χ1n) is 7.44. The van der Waals surface area contributed by atoms with E-state index in [4.69, 9.17) is 14.2 Å². The molecule has 1 spiro atoms. The Labute approximate surface area is 109 Å². The summed E-state index contributed by atoms with van der Waals surface area (Å²) < 4.78 is 17.8. The Morgan fingerprint density at radius 2 is 2.00 bits per heavy atom. The van der Waals surface area contributed by atoms with Crippen molar-refractivity contribution < 1.29 is 14.2 Å². The van der Waals surface area contributed by atoms with E-state index in [1.54, 1.807) is 0 Å². The molecule has 3 fully saturated rings. The molecule has 2 unspecified atom stereocenters. The highest BCUT2D eigenvalue weighted by atomic mass is 16.7. The standard InChI is InChI=1S/C14H25NO3/c1-2-15-12-5-6-14(17-7-8-18-14)9-13(12)16-10-11-3-4-11/h11-13,15H,2-10H2,1H3. The fourth-order valence-corrected chi connectivity index (χ4v) is 3.09. The lowest BCUT2D eigenvalue weighted by Crippen LogP contribution is -2.52. The Morgan fingerprint density at radius 3 is 2.67 bits per heavy atom. The van der Waals surface area contributed by atoms with E-state index in [-0.39, 0.29) is 11.9 Å². The molecule has 1 heterocycles. The summed E-state index contributed by atoms with van der Waals surface area (Å²) in [5, 5.41) is 3.55. The Morgan fingerprint density at radius 1 is 1.22 bits per heavy atom. The lowest BCUT2D eigenvalue weighted by molar-refractivity contribution is -0.207. The van der Waals surface area contributed by atoms with Gasteiger partial charge < -0.3 is 19.5 Å². The van der Waals surface area contributed by atoms with Gasteiger partial charge in [-0.1, -0.05) is 6.92 Å². The van der Waals surface area contributed by atoms with Gasteiger partial charge in [0.25, 0.3) is 0 Å². The van der Waals surface area contributed by atoms with Gasteiger partial charge in [0.05, 0.1) is 19.3 Å². The van der Waals surface area contributed by atoms with Crippen LogP contribution in [0.3, 0.4) is 0 Å². The molecule has 2 aliphatic carbocycles.